The summed E-state index contributed by atoms with van der Waals surface area (Å²) in [4.78, 5) is 13.8. The van der Waals surface area contributed by atoms with Gasteiger partial charge in [0.05, 0.1) is 27.3 Å². The number of hydrogen-bond donors (Lipinski definition) is 1. The standard InChI is InChI=1S/C16H15Cl3N2O/c1-21(10-11-5-3-2-4-6-11)16(22)9-20-15-8-13(18)12(17)7-14(15)19/h2-8,20H,9-10H2,1H3. The van der Waals surface area contributed by atoms with Gasteiger partial charge in [0.2, 0.25) is 5.91 Å². The van der Waals surface area contributed by atoms with E-state index in [1.165, 1.54) is 0 Å². The van der Waals surface area contributed by atoms with Gasteiger partial charge in [0, 0.05) is 13.6 Å². The SMILES string of the molecule is CN(Cc1ccccc1)C(=O)CNc1cc(Cl)c(Cl)cc1Cl. The summed E-state index contributed by atoms with van der Waals surface area (Å²) in [5.74, 6) is -0.0500. The van der Waals surface area contributed by atoms with Crippen LogP contribution in [0.1, 0.15) is 5.56 Å². The molecule has 1 amide bonds. The summed E-state index contributed by atoms with van der Waals surface area (Å²) in [5, 5.41) is 4.17. The Labute approximate surface area is 144 Å². The maximum Gasteiger partial charge on any atom is 0.241 e. The third kappa shape index (κ3) is 4.54. The van der Waals surface area contributed by atoms with E-state index < -0.39 is 0 Å². The van der Waals surface area contributed by atoms with E-state index in [1.807, 2.05) is 30.3 Å². The van der Waals surface area contributed by atoms with Gasteiger partial charge in [0.1, 0.15) is 0 Å². The Morgan fingerprint density at radius 2 is 1.68 bits per heavy atom. The smallest absolute Gasteiger partial charge is 0.241 e. The summed E-state index contributed by atoms with van der Waals surface area (Å²) >= 11 is 17.9. The molecule has 0 aliphatic carbocycles. The van der Waals surface area contributed by atoms with Crippen LogP contribution in [-0.4, -0.2) is 24.4 Å². The number of rotatable bonds is 5. The highest BCUT2D eigenvalue weighted by molar-refractivity contribution is 6.44. The zero-order chi connectivity index (χ0) is 16.1. The second kappa shape index (κ2) is 7.73. The molecule has 6 heteroatoms. The molecule has 22 heavy (non-hydrogen) atoms. The van der Waals surface area contributed by atoms with Crippen molar-refractivity contribution in [3.63, 3.8) is 0 Å². The number of carbonyl (C=O) groups is 1. The Bertz CT molecular complexity index is 662. The van der Waals surface area contributed by atoms with Crippen LogP contribution in [0.3, 0.4) is 0 Å². The molecule has 0 radical (unpaired) electrons. The zero-order valence-electron chi connectivity index (χ0n) is 11.9. The van der Waals surface area contributed by atoms with Crippen molar-refractivity contribution in [2.75, 3.05) is 18.9 Å². The minimum atomic E-state index is -0.0500. The van der Waals surface area contributed by atoms with E-state index in [9.17, 15) is 4.79 Å². The number of halogens is 3. The fraction of sp³-hybridized carbons (Fsp3) is 0.188. The van der Waals surface area contributed by atoms with E-state index in [2.05, 4.69) is 5.32 Å². The first-order valence-corrected chi connectivity index (χ1v) is 7.77. The van der Waals surface area contributed by atoms with Gasteiger partial charge >= 0.3 is 0 Å². The Balaban J connectivity index is 1.94. The molecule has 2 rings (SSSR count). The van der Waals surface area contributed by atoms with Gasteiger partial charge in [0.25, 0.3) is 0 Å². The monoisotopic (exact) mass is 356 g/mol. The summed E-state index contributed by atoms with van der Waals surface area (Å²) in [6.07, 6.45) is 0. The first-order valence-electron chi connectivity index (χ1n) is 6.63. The molecule has 0 saturated carbocycles. The molecule has 0 aliphatic heterocycles. The van der Waals surface area contributed by atoms with Crippen molar-refractivity contribution in [2.45, 2.75) is 6.54 Å². The summed E-state index contributed by atoms with van der Waals surface area (Å²) in [6, 6.07) is 12.9. The van der Waals surface area contributed by atoms with Crippen LogP contribution in [0.25, 0.3) is 0 Å². The van der Waals surface area contributed by atoms with Crippen molar-refractivity contribution in [2.24, 2.45) is 0 Å². The van der Waals surface area contributed by atoms with E-state index in [-0.39, 0.29) is 12.5 Å². The lowest BCUT2D eigenvalue weighted by Gasteiger charge is -2.18. The molecule has 0 aromatic heterocycles. The lowest BCUT2D eigenvalue weighted by Crippen LogP contribution is -2.31. The van der Waals surface area contributed by atoms with Crippen molar-refractivity contribution in [1.29, 1.82) is 0 Å². The van der Waals surface area contributed by atoms with Gasteiger partial charge in [-0.25, -0.2) is 0 Å². The number of likely N-dealkylation sites (N-methyl/N-ethyl adjacent to an activating group) is 1. The van der Waals surface area contributed by atoms with Crippen molar-refractivity contribution in [3.8, 4) is 0 Å². The number of amides is 1. The topological polar surface area (TPSA) is 32.3 Å². The number of hydrogen-bond acceptors (Lipinski definition) is 2. The van der Waals surface area contributed by atoms with Gasteiger partial charge < -0.3 is 10.2 Å². The van der Waals surface area contributed by atoms with E-state index in [4.69, 9.17) is 34.8 Å². The third-order valence-corrected chi connectivity index (χ3v) is 4.16. The van der Waals surface area contributed by atoms with E-state index in [0.29, 0.717) is 27.3 Å². The molecule has 0 heterocycles. The molecule has 0 spiro atoms. The van der Waals surface area contributed by atoms with Crippen LogP contribution in [0, 0.1) is 0 Å². The van der Waals surface area contributed by atoms with Gasteiger partial charge in [-0.05, 0) is 17.7 Å². The molecule has 1 N–H and O–H groups in total. The maximum atomic E-state index is 12.1. The van der Waals surface area contributed by atoms with Crippen molar-refractivity contribution >= 4 is 46.4 Å². The molecular weight excluding hydrogens is 343 g/mol. The fourth-order valence-corrected chi connectivity index (χ4v) is 2.52. The fourth-order valence-electron chi connectivity index (χ4n) is 1.91. The highest BCUT2D eigenvalue weighted by atomic mass is 35.5. The molecule has 3 nitrogen and oxygen atoms in total. The van der Waals surface area contributed by atoms with E-state index >= 15 is 0 Å². The molecular formula is C16H15Cl3N2O. The number of benzene rings is 2. The van der Waals surface area contributed by atoms with Gasteiger partial charge in [-0.15, -0.1) is 0 Å². The van der Waals surface area contributed by atoms with Crippen LogP contribution >= 0.6 is 34.8 Å². The van der Waals surface area contributed by atoms with Crippen LogP contribution in [0.2, 0.25) is 15.1 Å². The lowest BCUT2D eigenvalue weighted by molar-refractivity contribution is -0.128. The minimum absolute atomic E-state index is 0.0500. The quantitative estimate of drug-likeness (QED) is 0.785. The lowest BCUT2D eigenvalue weighted by atomic mass is 10.2. The number of nitrogens with one attached hydrogen (secondary N) is 1. The Morgan fingerprint density at radius 1 is 1.05 bits per heavy atom. The van der Waals surface area contributed by atoms with E-state index in [1.54, 1.807) is 24.1 Å². The van der Waals surface area contributed by atoms with E-state index in [0.717, 1.165) is 5.56 Å². The summed E-state index contributed by atoms with van der Waals surface area (Å²) in [6.45, 7) is 0.678. The zero-order valence-corrected chi connectivity index (χ0v) is 14.2. The highest BCUT2D eigenvalue weighted by Gasteiger charge is 2.11. The number of nitrogens with zero attached hydrogens (tertiary/aromatic N) is 1. The van der Waals surface area contributed by atoms with Crippen LogP contribution in [0.15, 0.2) is 42.5 Å². The molecule has 2 aromatic rings. The molecule has 0 unspecified atom stereocenters. The average molecular weight is 358 g/mol. The average Bonchev–Trinajstić information content (AvgIpc) is 2.50. The van der Waals surface area contributed by atoms with Crippen LogP contribution in [0.4, 0.5) is 5.69 Å². The first-order chi connectivity index (χ1) is 10.5. The predicted molar refractivity (Wildman–Crippen MR) is 92.9 cm³/mol. The molecule has 0 aliphatic rings. The Kier molecular flexibility index (Phi) is 5.95. The second-order valence-corrected chi connectivity index (χ2v) is 6.06. The van der Waals surface area contributed by atoms with Gasteiger partial charge in [-0.2, -0.15) is 0 Å². The second-order valence-electron chi connectivity index (χ2n) is 4.84. The molecule has 2 aromatic carbocycles. The maximum absolute atomic E-state index is 12.1. The third-order valence-electron chi connectivity index (χ3n) is 3.13. The Morgan fingerprint density at radius 3 is 2.36 bits per heavy atom. The molecule has 0 saturated heterocycles. The largest absolute Gasteiger partial charge is 0.375 e. The van der Waals surface area contributed by atoms with Crippen molar-refractivity contribution < 1.29 is 4.79 Å². The van der Waals surface area contributed by atoms with Gasteiger partial charge in [-0.1, -0.05) is 65.1 Å². The normalized spacial score (nSPS) is 10.4. The van der Waals surface area contributed by atoms with Gasteiger partial charge in [-0.3, -0.25) is 4.79 Å². The molecule has 116 valence electrons. The predicted octanol–water partition coefficient (Wildman–Crippen LogP) is 4.72. The highest BCUT2D eigenvalue weighted by Crippen LogP contribution is 2.32. The van der Waals surface area contributed by atoms with Crippen molar-refractivity contribution in [1.82, 2.24) is 4.90 Å². The van der Waals surface area contributed by atoms with Crippen LogP contribution in [-0.2, 0) is 11.3 Å². The van der Waals surface area contributed by atoms with Crippen LogP contribution < -0.4 is 5.32 Å². The summed E-state index contributed by atoms with van der Waals surface area (Å²) in [7, 11) is 1.76. The van der Waals surface area contributed by atoms with Gasteiger partial charge in [0.15, 0.2) is 0 Å². The summed E-state index contributed by atoms with van der Waals surface area (Å²) in [5.41, 5.74) is 1.66. The van der Waals surface area contributed by atoms with Crippen LogP contribution in [0.5, 0.6) is 0 Å². The molecule has 0 atom stereocenters. The first kappa shape index (κ1) is 16.9. The molecule has 0 fully saturated rings. The number of carbonyl (C=O) groups excluding carboxylic acids is 1. The number of anilines is 1. The van der Waals surface area contributed by atoms with Crippen molar-refractivity contribution in [3.05, 3.63) is 63.1 Å². The Hall–Kier alpha value is -1.42. The molecule has 0 bridgehead atoms. The minimum Gasteiger partial charge on any atom is -0.375 e. The summed E-state index contributed by atoms with van der Waals surface area (Å²) < 4.78 is 0.